The summed E-state index contributed by atoms with van der Waals surface area (Å²) in [6.07, 6.45) is -1.03. The fourth-order valence-electron chi connectivity index (χ4n) is 1.27. The summed E-state index contributed by atoms with van der Waals surface area (Å²) in [5.41, 5.74) is -0.199. The zero-order valence-electron chi connectivity index (χ0n) is 10.7. The van der Waals surface area contributed by atoms with E-state index in [4.69, 9.17) is 4.74 Å². The van der Waals surface area contributed by atoms with Gasteiger partial charge in [-0.1, -0.05) is 0 Å². The lowest BCUT2D eigenvalue weighted by atomic mass is 10.2. The second-order valence-corrected chi connectivity index (χ2v) is 3.76. The summed E-state index contributed by atoms with van der Waals surface area (Å²) < 4.78 is 31.9. The molecule has 1 rings (SSSR count). The Morgan fingerprint density at radius 2 is 1.85 bits per heavy atom. The lowest BCUT2D eigenvalue weighted by Crippen LogP contribution is -2.44. The molecule has 0 saturated carbocycles. The highest BCUT2D eigenvalue weighted by Gasteiger charge is 2.21. The van der Waals surface area contributed by atoms with Gasteiger partial charge in [0.15, 0.2) is 23.5 Å². The molecule has 1 unspecified atom stereocenters. The second kappa shape index (κ2) is 6.60. The molecule has 0 saturated heterocycles. The van der Waals surface area contributed by atoms with E-state index in [1.807, 2.05) is 5.32 Å². The number of urea groups is 1. The third-order valence-electron chi connectivity index (χ3n) is 2.28. The summed E-state index contributed by atoms with van der Waals surface area (Å²) in [4.78, 5) is 32.8. The summed E-state index contributed by atoms with van der Waals surface area (Å²) in [6.45, 7) is 1.21. The molecular formula is C12H12F2N2O4. The molecule has 0 aliphatic heterocycles. The molecule has 0 aliphatic rings. The molecule has 108 valence electrons. The Bertz CT molecular complexity index is 525. The van der Waals surface area contributed by atoms with Crippen LogP contribution in [0.3, 0.4) is 0 Å². The molecular weight excluding hydrogens is 274 g/mol. The van der Waals surface area contributed by atoms with Gasteiger partial charge in [0.25, 0.3) is 5.91 Å². The normalized spacial score (nSPS) is 11.4. The highest BCUT2D eigenvalue weighted by atomic mass is 19.1. The SMILES string of the molecule is CNC(=O)NC(=O)C(C)Oc1c(F)cc(C=O)cc1F. The van der Waals surface area contributed by atoms with Crippen molar-refractivity contribution >= 4 is 18.2 Å². The Hall–Kier alpha value is -2.51. The predicted molar refractivity (Wildman–Crippen MR) is 64.4 cm³/mol. The number of rotatable bonds is 4. The quantitative estimate of drug-likeness (QED) is 0.809. The van der Waals surface area contributed by atoms with E-state index in [1.165, 1.54) is 14.0 Å². The van der Waals surface area contributed by atoms with Gasteiger partial charge in [0, 0.05) is 12.6 Å². The smallest absolute Gasteiger partial charge is 0.321 e. The van der Waals surface area contributed by atoms with Crippen molar-refractivity contribution in [2.45, 2.75) is 13.0 Å². The van der Waals surface area contributed by atoms with Crippen molar-refractivity contribution in [1.29, 1.82) is 0 Å². The van der Waals surface area contributed by atoms with Gasteiger partial charge in [-0.2, -0.15) is 0 Å². The largest absolute Gasteiger partial charge is 0.475 e. The van der Waals surface area contributed by atoms with Crippen molar-refractivity contribution in [2.24, 2.45) is 0 Å². The number of hydrogen-bond acceptors (Lipinski definition) is 4. The van der Waals surface area contributed by atoms with Crippen LogP contribution in [0.25, 0.3) is 0 Å². The number of nitrogens with one attached hydrogen (secondary N) is 2. The molecule has 0 spiro atoms. The Balaban J connectivity index is 2.85. The van der Waals surface area contributed by atoms with Crippen molar-refractivity contribution < 1.29 is 27.9 Å². The molecule has 0 heterocycles. The van der Waals surface area contributed by atoms with Crippen LogP contribution in [0.4, 0.5) is 13.6 Å². The minimum absolute atomic E-state index is 0.199. The van der Waals surface area contributed by atoms with Gasteiger partial charge < -0.3 is 10.1 Å². The Morgan fingerprint density at radius 1 is 1.30 bits per heavy atom. The Morgan fingerprint density at radius 3 is 2.30 bits per heavy atom. The number of amides is 3. The van der Waals surface area contributed by atoms with Gasteiger partial charge in [-0.25, -0.2) is 13.6 Å². The molecule has 3 amide bonds. The molecule has 0 fully saturated rings. The topological polar surface area (TPSA) is 84.5 Å². The molecule has 0 bridgehead atoms. The molecule has 0 aromatic heterocycles. The zero-order valence-corrected chi connectivity index (χ0v) is 10.7. The van der Waals surface area contributed by atoms with Crippen LogP contribution in [0.15, 0.2) is 12.1 Å². The summed E-state index contributed by atoms with van der Waals surface area (Å²) in [5, 5.41) is 4.04. The number of imide groups is 1. The van der Waals surface area contributed by atoms with E-state index in [1.54, 1.807) is 0 Å². The van der Waals surface area contributed by atoms with Crippen molar-refractivity contribution in [2.75, 3.05) is 7.05 Å². The van der Waals surface area contributed by atoms with Gasteiger partial charge in [-0.15, -0.1) is 0 Å². The van der Waals surface area contributed by atoms with Gasteiger partial charge in [0.2, 0.25) is 0 Å². The molecule has 1 aromatic carbocycles. The number of benzene rings is 1. The number of ether oxygens (including phenoxy) is 1. The molecule has 8 heteroatoms. The van der Waals surface area contributed by atoms with Gasteiger partial charge in [0.1, 0.15) is 6.29 Å². The summed E-state index contributed by atoms with van der Waals surface area (Å²) in [6, 6.07) is 0.770. The third-order valence-corrected chi connectivity index (χ3v) is 2.28. The first kappa shape index (κ1) is 15.5. The molecule has 1 atom stereocenters. The van der Waals surface area contributed by atoms with Crippen LogP contribution >= 0.6 is 0 Å². The van der Waals surface area contributed by atoms with E-state index in [9.17, 15) is 23.2 Å². The highest BCUT2D eigenvalue weighted by molar-refractivity contribution is 5.96. The maximum absolute atomic E-state index is 13.5. The monoisotopic (exact) mass is 286 g/mol. The minimum Gasteiger partial charge on any atom is -0.475 e. The van der Waals surface area contributed by atoms with E-state index >= 15 is 0 Å². The number of carbonyl (C=O) groups is 3. The van der Waals surface area contributed by atoms with Crippen LogP contribution in [0.1, 0.15) is 17.3 Å². The van der Waals surface area contributed by atoms with Crippen molar-refractivity contribution in [1.82, 2.24) is 10.6 Å². The van der Waals surface area contributed by atoms with Crippen LogP contribution in [-0.2, 0) is 4.79 Å². The zero-order chi connectivity index (χ0) is 15.3. The fourth-order valence-corrected chi connectivity index (χ4v) is 1.27. The maximum Gasteiger partial charge on any atom is 0.321 e. The average Bonchev–Trinajstić information content (AvgIpc) is 2.41. The van der Waals surface area contributed by atoms with Gasteiger partial charge in [0.05, 0.1) is 0 Å². The first-order valence-electron chi connectivity index (χ1n) is 5.52. The standard InChI is InChI=1S/C12H12F2N2O4/c1-6(11(18)16-12(19)15-2)20-10-8(13)3-7(5-17)4-9(10)14/h3-6H,1-2H3,(H2,15,16,18,19). The predicted octanol–water partition coefficient (Wildman–Crippen LogP) is 1.00. The summed E-state index contributed by atoms with van der Waals surface area (Å²) >= 11 is 0. The first-order chi connectivity index (χ1) is 9.38. The van der Waals surface area contributed by atoms with Crippen molar-refractivity contribution in [3.8, 4) is 5.75 Å². The molecule has 0 aliphatic carbocycles. The first-order valence-corrected chi connectivity index (χ1v) is 5.52. The van der Waals surface area contributed by atoms with Gasteiger partial charge >= 0.3 is 6.03 Å². The molecule has 2 N–H and O–H groups in total. The summed E-state index contributed by atoms with van der Waals surface area (Å²) in [7, 11) is 1.30. The number of hydrogen-bond donors (Lipinski definition) is 2. The van der Waals surface area contributed by atoms with E-state index in [0.29, 0.717) is 0 Å². The molecule has 0 radical (unpaired) electrons. The number of halogens is 2. The average molecular weight is 286 g/mol. The van der Waals surface area contributed by atoms with E-state index in [0.717, 1.165) is 12.1 Å². The minimum atomic E-state index is -1.31. The van der Waals surface area contributed by atoms with E-state index < -0.39 is 35.4 Å². The van der Waals surface area contributed by atoms with Crippen molar-refractivity contribution in [3.05, 3.63) is 29.3 Å². The third kappa shape index (κ3) is 3.74. The fraction of sp³-hybridized carbons (Fsp3) is 0.250. The highest BCUT2D eigenvalue weighted by Crippen LogP contribution is 2.23. The number of carbonyl (C=O) groups excluding carboxylic acids is 3. The second-order valence-electron chi connectivity index (χ2n) is 3.76. The van der Waals surface area contributed by atoms with Crippen LogP contribution in [0.5, 0.6) is 5.75 Å². The molecule has 1 aromatic rings. The number of aldehydes is 1. The van der Waals surface area contributed by atoms with Gasteiger partial charge in [-0.3, -0.25) is 14.9 Å². The maximum atomic E-state index is 13.5. The van der Waals surface area contributed by atoms with Crippen LogP contribution in [-0.4, -0.2) is 31.4 Å². The van der Waals surface area contributed by atoms with Crippen LogP contribution in [0, 0.1) is 11.6 Å². The Labute approximate surface area is 113 Å². The Kier molecular flexibility index (Phi) is 5.13. The molecule has 20 heavy (non-hydrogen) atoms. The molecule has 6 nitrogen and oxygen atoms in total. The van der Waals surface area contributed by atoms with Gasteiger partial charge in [-0.05, 0) is 19.1 Å². The van der Waals surface area contributed by atoms with Crippen LogP contribution < -0.4 is 15.4 Å². The van der Waals surface area contributed by atoms with E-state index in [-0.39, 0.29) is 11.8 Å². The van der Waals surface area contributed by atoms with Crippen molar-refractivity contribution in [3.63, 3.8) is 0 Å². The van der Waals surface area contributed by atoms with E-state index in [2.05, 4.69) is 5.32 Å². The lowest BCUT2D eigenvalue weighted by Gasteiger charge is -2.15. The van der Waals surface area contributed by atoms with Crippen LogP contribution in [0.2, 0.25) is 0 Å². The summed E-state index contributed by atoms with van der Waals surface area (Å²) in [5.74, 6) is -3.91. The lowest BCUT2D eigenvalue weighted by molar-refractivity contribution is -0.126.